The van der Waals surface area contributed by atoms with E-state index in [0.717, 1.165) is 0 Å². The normalized spacial score (nSPS) is 17.2. The van der Waals surface area contributed by atoms with E-state index in [1.54, 1.807) is 0 Å². The van der Waals surface area contributed by atoms with Gasteiger partial charge in [-0.05, 0) is 5.53 Å². The molecule has 0 aromatic carbocycles. The number of hydrogen-bond acceptors (Lipinski definition) is 8. The van der Waals surface area contributed by atoms with Crippen molar-refractivity contribution in [2.24, 2.45) is 5.11 Å². The van der Waals surface area contributed by atoms with Crippen LogP contribution in [-0.2, 0) is 9.59 Å². The fraction of sp³-hybridized carbons (Fsp3) is 0.750. The summed E-state index contributed by atoms with van der Waals surface area (Å²) in [7, 11) is 0. The summed E-state index contributed by atoms with van der Waals surface area (Å²) in [5.74, 6) is -2.73. The fourth-order valence-electron chi connectivity index (χ4n) is 1.02. The molecule has 0 aromatic rings. The van der Waals surface area contributed by atoms with Crippen LogP contribution in [0.3, 0.4) is 0 Å². The van der Waals surface area contributed by atoms with Crippen molar-refractivity contribution in [3.05, 3.63) is 10.4 Å². The predicted octanol–water partition coefficient (Wildman–Crippen LogP) is -3.13. The second-order valence-electron chi connectivity index (χ2n) is 3.35. The number of aliphatic hydroxyl groups excluding tert-OH is 5. The smallest absolute Gasteiger partial charge is 0.229 e. The van der Waals surface area contributed by atoms with Gasteiger partial charge in [-0.15, -0.1) is 0 Å². The maximum absolute atomic E-state index is 11.2. The van der Waals surface area contributed by atoms with Crippen molar-refractivity contribution < 1.29 is 35.1 Å². The van der Waals surface area contributed by atoms with Crippen LogP contribution >= 0.6 is 0 Å². The first kappa shape index (κ1) is 16.4. The summed E-state index contributed by atoms with van der Waals surface area (Å²) in [4.78, 5) is 24.5. The second-order valence-corrected chi connectivity index (χ2v) is 3.35. The first-order chi connectivity index (χ1) is 8.36. The molecule has 0 aromatic heterocycles. The third-order valence-electron chi connectivity index (χ3n) is 2.08. The average Bonchev–Trinajstić information content (AvgIpc) is 2.40. The van der Waals surface area contributed by atoms with E-state index in [1.165, 1.54) is 0 Å². The minimum atomic E-state index is -2.29. The quantitative estimate of drug-likeness (QED) is 0.132. The number of carbonyl (C=O) groups excluding carboxylic acids is 2. The molecule has 4 atom stereocenters. The first-order valence-corrected chi connectivity index (χ1v) is 4.77. The molecule has 0 rings (SSSR count). The Morgan fingerprint density at radius 3 is 2.17 bits per heavy atom. The number of azide groups is 1. The Hall–Kier alpha value is -1.55. The van der Waals surface area contributed by atoms with Crippen molar-refractivity contribution in [2.75, 3.05) is 13.2 Å². The predicted molar refractivity (Wildman–Crippen MR) is 55.1 cm³/mol. The molecule has 0 aliphatic carbocycles. The van der Waals surface area contributed by atoms with E-state index in [9.17, 15) is 24.9 Å². The molecular formula is C8H13N3O7. The Labute approximate surface area is 101 Å². The summed E-state index contributed by atoms with van der Waals surface area (Å²) in [5, 5.41) is 48.0. The molecule has 0 saturated heterocycles. The molecule has 0 spiro atoms. The van der Waals surface area contributed by atoms with Gasteiger partial charge in [-0.2, -0.15) is 0 Å². The Kier molecular flexibility index (Phi) is 7.05. The molecule has 10 nitrogen and oxygen atoms in total. The standard InChI is InChI=1S/C8H13N3O7/c9-11-10-1-3(13)5(15)7(17)8(18)6(16)4(14)2-12/h4,6-8,12,14,16-18H,1-2H2/t4-,6-,7+,8+/m1/s1. The molecule has 5 N–H and O–H groups in total. The van der Waals surface area contributed by atoms with E-state index in [0.29, 0.717) is 0 Å². The minimum Gasteiger partial charge on any atom is -0.394 e. The molecule has 0 bridgehead atoms. The molecule has 18 heavy (non-hydrogen) atoms. The monoisotopic (exact) mass is 263 g/mol. The number of ketones is 2. The molecule has 0 unspecified atom stereocenters. The molecule has 0 aliphatic heterocycles. The van der Waals surface area contributed by atoms with E-state index in [4.69, 9.17) is 15.7 Å². The lowest BCUT2D eigenvalue weighted by Crippen LogP contribution is -2.50. The highest BCUT2D eigenvalue weighted by molar-refractivity contribution is 6.39. The van der Waals surface area contributed by atoms with Crippen LogP contribution in [-0.4, -0.2) is 74.7 Å². The lowest BCUT2D eigenvalue weighted by molar-refractivity contribution is -0.153. The van der Waals surface area contributed by atoms with Crippen LogP contribution in [0.4, 0.5) is 0 Å². The zero-order valence-corrected chi connectivity index (χ0v) is 9.12. The largest absolute Gasteiger partial charge is 0.394 e. The SMILES string of the molecule is [N-]=[N+]=NCC(=O)C(=O)[C@H](O)[C@@H](O)[C@H](O)[C@H](O)CO. The summed E-state index contributed by atoms with van der Waals surface area (Å²) < 4.78 is 0. The topological polar surface area (TPSA) is 184 Å². The molecule has 102 valence electrons. The number of Topliss-reactive ketones (excluding diaryl/α,β-unsaturated/α-hetero) is 2. The van der Waals surface area contributed by atoms with Gasteiger partial charge in [-0.3, -0.25) is 9.59 Å². The van der Waals surface area contributed by atoms with Gasteiger partial charge in [0.25, 0.3) is 0 Å². The maximum Gasteiger partial charge on any atom is 0.229 e. The fourth-order valence-corrected chi connectivity index (χ4v) is 1.02. The Morgan fingerprint density at radius 1 is 1.17 bits per heavy atom. The maximum atomic E-state index is 11.2. The Bertz CT molecular complexity index is 355. The van der Waals surface area contributed by atoms with Crippen molar-refractivity contribution in [3.8, 4) is 0 Å². The van der Waals surface area contributed by atoms with Gasteiger partial charge >= 0.3 is 0 Å². The lowest BCUT2D eigenvalue weighted by Gasteiger charge is -2.24. The molecule has 0 amide bonds. The molecule has 0 radical (unpaired) electrons. The van der Waals surface area contributed by atoms with Gasteiger partial charge in [0.1, 0.15) is 24.4 Å². The highest BCUT2D eigenvalue weighted by Crippen LogP contribution is 2.06. The molecule has 0 heterocycles. The van der Waals surface area contributed by atoms with E-state index in [2.05, 4.69) is 10.0 Å². The number of rotatable bonds is 8. The first-order valence-electron chi connectivity index (χ1n) is 4.77. The summed E-state index contributed by atoms with van der Waals surface area (Å²) in [6.45, 7) is -1.75. The highest BCUT2D eigenvalue weighted by Gasteiger charge is 2.36. The molecule has 0 fully saturated rings. The van der Waals surface area contributed by atoms with Gasteiger partial charge in [-0.1, -0.05) is 5.11 Å². The minimum absolute atomic E-state index is 0.836. The molecule has 0 aliphatic rings. The lowest BCUT2D eigenvalue weighted by atomic mass is 9.98. The summed E-state index contributed by atoms with van der Waals surface area (Å²) in [6.07, 6.45) is -8.24. The zero-order valence-electron chi connectivity index (χ0n) is 9.12. The van der Waals surface area contributed by atoms with Crippen LogP contribution < -0.4 is 0 Å². The van der Waals surface area contributed by atoms with Gasteiger partial charge in [0.15, 0.2) is 0 Å². The van der Waals surface area contributed by atoms with E-state index in [-0.39, 0.29) is 0 Å². The van der Waals surface area contributed by atoms with Crippen LogP contribution in [0.2, 0.25) is 0 Å². The Morgan fingerprint density at radius 2 is 1.72 bits per heavy atom. The summed E-state index contributed by atoms with van der Waals surface area (Å²) in [6, 6.07) is 0. The Balaban J connectivity index is 4.62. The molecule has 0 saturated carbocycles. The number of carbonyl (C=O) groups is 2. The zero-order chi connectivity index (χ0) is 14.3. The van der Waals surface area contributed by atoms with Crippen LogP contribution in [0, 0.1) is 0 Å². The number of hydrogen-bond donors (Lipinski definition) is 5. The van der Waals surface area contributed by atoms with Crippen LogP contribution in [0.5, 0.6) is 0 Å². The van der Waals surface area contributed by atoms with Crippen molar-refractivity contribution in [2.45, 2.75) is 24.4 Å². The van der Waals surface area contributed by atoms with Gasteiger partial charge in [0, 0.05) is 4.91 Å². The van der Waals surface area contributed by atoms with Crippen LogP contribution in [0.25, 0.3) is 10.4 Å². The van der Waals surface area contributed by atoms with Crippen LogP contribution in [0.1, 0.15) is 0 Å². The second kappa shape index (κ2) is 7.71. The third-order valence-corrected chi connectivity index (χ3v) is 2.08. The number of aliphatic hydroxyl groups is 5. The van der Waals surface area contributed by atoms with Crippen molar-refractivity contribution >= 4 is 11.6 Å². The number of nitrogens with zero attached hydrogens (tertiary/aromatic N) is 3. The van der Waals surface area contributed by atoms with E-state index >= 15 is 0 Å². The van der Waals surface area contributed by atoms with E-state index in [1.807, 2.05) is 0 Å². The van der Waals surface area contributed by atoms with E-state index < -0.39 is 49.1 Å². The van der Waals surface area contributed by atoms with Gasteiger partial charge in [0.05, 0.1) is 13.2 Å². The highest BCUT2D eigenvalue weighted by atomic mass is 16.4. The van der Waals surface area contributed by atoms with Crippen LogP contribution in [0.15, 0.2) is 5.11 Å². The van der Waals surface area contributed by atoms with Gasteiger partial charge < -0.3 is 25.5 Å². The van der Waals surface area contributed by atoms with Gasteiger partial charge in [0.2, 0.25) is 11.6 Å². The van der Waals surface area contributed by atoms with Crippen molar-refractivity contribution in [1.29, 1.82) is 0 Å². The third kappa shape index (κ3) is 4.37. The van der Waals surface area contributed by atoms with Crippen molar-refractivity contribution in [1.82, 2.24) is 0 Å². The summed E-state index contributed by atoms with van der Waals surface area (Å²) >= 11 is 0. The van der Waals surface area contributed by atoms with Crippen molar-refractivity contribution in [3.63, 3.8) is 0 Å². The van der Waals surface area contributed by atoms with Gasteiger partial charge in [-0.25, -0.2) is 0 Å². The average molecular weight is 263 g/mol. The summed E-state index contributed by atoms with van der Waals surface area (Å²) in [5.41, 5.74) is 7.92. The molecule has 10 heteroatoms. The molecular weight excluding hydrogens is 250 g/mol.